The van der Waals surface area contributed by atoms with E-state index < -0.39 is 0 Å². The van der Waals surface area contributed by atoms with Crippen molar-refractivity contribution in [1.29, 1.82) is 0 Å². The van der Waals surface area contributed by atoms with Crippen LogP contribution in [0.2, 0.25) is 4.34 Å². The van der Waals surface area contributed by atoms with E-state index in [1.807, 2.05) is 19.9 Å². The Hall–Kier alpha value is -0.540. The molecule has 0 radical (unpaired) electrons. The lowest BCUT2D eigenvalue weighted by Crippen LogP contribution is -2.07. The number of thiophene rings is 1. The molecular formula is C8H10ClNOS. The van der Waals surface area contributed by atoms with Gasteiger partial charge in [-0.05, 0) is 18.6 Å². The van der Waals surface area contributed by atoms with Gasteiger partial charge in [-0.25, -0.2) is 0 Å². The van der Waals surface area contributed by atoms with Gasteiger partial charge in [0.05, 0.1) is 9.34 Å². The van der Waals surface area contributed by atoms with Crippen LogP contribution in [0, 0.1) is 6.92 Å². The first kappa shape index (κ1) is 9.55. The smallest absolute Gasteiger partial charge is 0.224 e. The van der Waals surface area contributed by atoms with E-state index in [2.05, 4.69) is 5.32 Å². The Bertz CT molecular complexity index is 276. The Morgan fingerprint density at radius 2 is 2.42 bits per heavy atom. The fourth-order valence-electron chi connectivity index (χ4n) is 0.747. The monoisotopic (exact) mass is 203 g/mol. The highest BCUT2D eigenvalue weighted by atomic mass is 35.5. The van der Waals surface area contributed by atoms with Crippen LogP contribution in [0.5, 0.6) is 0 Å². The van der Waals surface area contributed by atoms with Gasteiger partial charge in [-0.3, -0.25) is 4.79 Å². The minimum atomic E-state index is 0.0212. The molecule has 0 spiro atoms. The second-order valence-corrected chi connectivity index (χ2v) is 4.12. The van der Waals surface area contributed by atoms with Gasteiger partial charge in [0.15, 0.2) is 0 Å². The second kappa shape index (κ2) is 3.92. The van der Waals surface area contributed by atoms with Gasteiger partial charge in [0.1, 0.15) is 0 Å². The van der Waals surface area contributed by atoms with Crippen LogP contribution in [-0.2, 0) is 4.79 Å². The van der Waals surface area contributed by atoms with Gasteiger partial charge in [-0.2, -0.15) is 0 Å². The second-order valence-electron chi connectivity index (χ2n) is 2.47. The Morgan fingerprint density at radius 3 is 2.83 bits per heavy atom. The van der Waals surface area contributed by atoms with Crippen molar-refractivity contribution in [3.8, 4) is 0 Å². The third-order valence-electron chi connectivity index (χ3n) is 1.44. The number of carbonyl (C=O) groups is 1. The van der Waals surface area contributed by atoms with E-state index in [1.165, 1.54) is 11.3 Å². The lowest BCUT2D eigenvalue weighted by Gasteiger charge is -1.96. The molecule has 4 heteroatoms. The molecule has 1 amide bonds. The number of aryl methyl sites for hydroxylation is 1. The minimum Gasteiger partial charge on any atom is -0.318 e. The Labute approximate surface area is 80.5 Å². The Balaban J connectivity index is 2.70. The number of carbonyl (C=O) groups excluding carboxylic acids is 1. The van der Waals surface area contributed by atoms with Crippen molar-refractivity contribution in [2.24, 2.45) is 0 Å². The van der Waals surface area contributed by atoms with Crippen molar-refractivity contribution in [2.45, 2.75) is 20.3 Å². The Morgan fingerprint density at radius 1 is 1.75 bits per heavy atom. The molecule has 0 unspecified atom stereocenters. The third-order valence-corrected chi connectivity index (χ3v) is 2.91. The molecule has 0 aliphatic carbocycles. The highest BCUT2D eigenvalue weighted by Crippen LogP contribution is 2.30. The lowest BCUT2D eigenvalue weighted by atomic mass is 10.4. The van der Waals surface area contributed by atoms with E-state index in [0.717, 1.165) is 14.9 Å². The average Bonchev–Trinajstić information content (AvgIpc) is 2.31. The van der Waals surface area contributed by atoms with Crippen LogP contribution < -0.4 is 5.32 Å². The normalized spacial score (nSPS) is 9.92. The molecule has 12 heavy (non-hydrogen) atoms. The highest BCUT2D eigenvalue weighted by Gasteiger charge is 2.04. The van der Waals surface area contributed by atoms with Gasteiger partial charge >= 0.3 is 0 Å². The summed E-state index contributed by atoms with van der Waals surface area (Å²) in [6, 6.07) is 1.88. The molecule has 0 aromatic carbocycles. The molecule has 0 aliphatic rings. The molecule has 1 aromatic heterocycles. The maximum Gasteiger partial charge on any atom is 0.224 e. The zero-order chi connectivity index (χ0) is 9.14. The SMILES string of the molecule is CCC(=O)Nc1cc(C)c(Cl)s1. The summed E-state index contributed by atoms with van der Waals surface area (Å²) in [6.45, 7) is 3.73. The topological polar surface area (TPSA) is 29.1 Å². The fraction of sp³-hybridized carbons (Fsp3) is 0.375. The van der Waals surface area contributed by atoms with E-state index in [-0.39, 0.29) is 5.91 Å². The number of hydrogen-bond donors (Lipinski definition) is 1. The summed E-state index contributed by atoms with van der Waals surface area (Å²) >= 11 is 7.21. The lowest BCUT2D eigenvalue weighted by molar-refractivity contribution is -0.115. The summed E-state index contributed by atoms with van der Waals surface area (Å²) in [5.74, 6) is 0.0212. The van der Waals surface area contributed by atoms with Crippen LogP contribution in [0.25, 0.3) is 0 Å². The molecule has 0 atom stereocenters. The number of nitrogens with one attached hydrogen (secondary N) is 1. The largest absolute Gasteiger partial charge is 0.318 e. The number of anilines is 1. The maximum atomic E-state index is 11.0. The standard InChI is InChI=1S/C8H10ClNOS/c1-3-6(11)10-7-4-5(2)8(9)12-7/h4H,3H2,1-2H3,(H,10,11). The van der Waals surface area contributed by atoms with E-state index in [1.54, 1.807) is 0 Å². The van der Waals surface area contributed by atoms with Crippen LogP contribution in [0.4, 0.5) is 5.00 Å². The first-order valence-corrected chi connectivity index (χ1v) is 4.88. The van der Waals surface area contributed by atoms with Crippen molar-refractivity contribution in [3.63, 3.8) is 0 Å². The molecule has 2 nitrogen and oxygen atoms in total. The predicted octanol–water partition coefficient (Wildman–Crippen LogP) is 3.06. The average molecular weight is 204 g/mol. The Kier molecular flexibility index (Phi) is 3.12. The molecule has 66 valence electrons. The number of rotatable bonds is 2. The van der Waals surface area contributed by atoms with E-state index in [0.29, 0.717) is 6.42 Å². The van der Waals surface area contributed by atoms with Crippen molar-refractivity contribution in [3.05, 3.63) is 16.0 Å². The summed E-state index contributed by atoms with van der Waals surface area (Å²) in [5.41, 5.74) is 1.01. The van der Waals surface area contributed by atoms with Crippen molar-refractivity contribution in [2.75, 3.05) is 5.32 Å². The van der Waals surface area contributed by atoms with Gasteiger partial charge in [-0.1, -0.05) is 18.5 Å². The molecule has 1 heterocycles. The third kappa shape index (κ3) is 2.22. The fourth-order valence-corrected chi connectivity index (χ4v) is 1.86. The summed E-state index contributed by atoms with van der Waals surface area (Å²) in [5, 5.41) is 3.57. The van der Waals surface area contributed by atoms with Gasteiger partial charge < -0.3 is 5.32 Å². The zero-order valence-corrected chi connectivity index (χ0v) is 8.55. The van der Waals surface area contributed by atoms with Gasteiger partial charge in [-0.15, -0.1) is 11.3 Å². The minimum absolute atomic E-state index is 0.0212. The summed E-state index contributed by atoms with van der Waals surface area (Å²) in [7, 11) is 0. The molecule has 0 saturated carbocycles. The molecule has 1 aromatic rings. The first-order chi connectivity index (χ1) is 5.63. The van der Waals surface area contributed by atoms with E-state index in [4.69, 9.17) is 11.6 Å². The summed E-state index contributed by atoms with van der Waals surface area (Å²) < 4.78 is 0.737. The summed E-state index contributed by atoms with van der Waals surface area (Å²) in [6.07, 6.45) is 0.495. The first-order valence-electron chi connectivity index (χ1n) is 3.69. The molecule has 0 saturated heterocycles. The molecule has 0 aliphatic heterocycles. The predicted molar refractivity (Wildman–Crippen MR) is 53.0 cm³/mol. The van der Waals surface area contributed by atoms with Crippen molar-refractivity contribution >= 4 is 33.8 Å². The van der Waals surface area contributed by atoms with Gasteiger partial charge in [0.2, 0.25) is 5.91 Å². The number of hydrogen-bond acceptors (Lipinski definition) is 2. The molecule has 0 bridgehead atoms. The van der Waals surface area contributed by atoms with E-state index >= 15 is 0 Å². The summed E-state index contributed by atoms with van der Waals surface area (Å²) in [4.78, 5) is 11.0. The van der Waals surface area contributed by atoms with Crippen LogP contribution in [-0.4, -0.2) is 5.91 Å². The molecule has 0 fully saturated rings. The van der Waals surface area contributed by atoms with Crippen LogP contribution in [0.3, 0.4) is 0 Å². The number of amides is 1. The van der Waals surface area contributed by atoms with Crippen LogP contribution in [0.15, 0.2) is 6.07 Å². The van der Waals surface area contributed by atoms with E-state index in [9.17, 15) is 4.79 Å². The van der Waals surface area contributed by atoms with Crippen LogP contribution >= 0.6 is 22.9 Å². The maximum absolute atomic E-state index is 11.0. The number of halogens is 1. The zero-order valence-electron chi connectivity index (χ0n) is 6.98. The molecular weight excluding hydrogens is 194 g/mol. The van der Waals surface area contributed by atoms with Gasteiger partial charge in [0, 0.05) is 6.42 Å². The highest BCUT2D eigenvalue weighted by molar-refractivity contribution is 7.20. The van der Waals surface area contributed by atoms with Crippen molar-refractivity contribution < 1.29 is 4.79 Å². The van der Waals surface area contributed by atoms with Gasteiger partial charge in [0.25, 0.3) is 0 Å². The quantitative estimate of drug-likeness (QED) is 0.787. The van der Waals surface area contributed by atoms with Crippen LogP contribution in [0.1, 0.15) is 18.9 Å². The molecule has 1 rings (SSSR count). The van der Waals surface area contributed by atoms with Crippen molar-refractivity contribution in [1.82, 2.24) is 0 Å². The molecule has 1 N–H and O–H groups in total.